The van der Waals surface area contributed by atoms with Crippen LogP contribution in [0.4, 0.5) is 5.69 Å². The Balaban J connectivity index is 1.86. The predicted molar refractivity (Wildman–Crippen MR) is 83.5 cm³/mol. The molecule has 0 radical (unpaired) electrons. The number of anilines is 1. The molecule has 21 heavy (non-hydrogen) atoms. The van der Waals surface area contributed by atoms with Crippen molar-refractivity contribution in [3.63, 3.8) is 0 Å². The highest BCUT2D eigenvalue weighted by molar-refractivity contribution is 5.76. The van der Waals surface area contributed by atoms with Crippen LogP contribution in [-0.4, -0.2) is 21.6 Å². The van der Waals surface area contributed by atoms with Gasteiger partial charge in [-0.25, -0.2) is 9.97 Å². The lowest BCUT2D eigenvalue weighted by Crippen LogP contribution is -2.12. The lowest BCUT2D eigenvalue weighted by molar-refractivity contribution is 0.398. The lowest BCUT2D eigenvalue weighted by atomic mass is 10.3. The molecule has 0 spiro atoms. The summed E-state index contributed by atoms with van der Waals surface area (Å²) >= 11 is 0. The molecule has 0 aliphatic heterocycles. The van der Waals surface area contributed by atoms with Crippen LogP contribution in [0.5, 0.6) is 5.88 Å². The van der Waals surface area contributed by atoms with Gasteiger partial charge in [0.15, 0.2) is 0 Å². The third-order valence-electron chi connectivity index (χ3n) is 3.54. The van der Waals surface area contributed by atoms with Crippen molar-refractivity contribution in [3.05, 3.63) is 48.4 Å². The lowest BCUT2D eigenvalue weighted by Gasteiger charge is -2.15. The van der Waals surface area contributed by atoms with E-state index < -0.39 is 0 Å². The van der Waals surface area contributed by atoms with Crippen LogP contribution >= 0.6 is 0 Å². The molecule has 1 aromatic carbocycles. The first-order valence-corrected chi connectivity index (χ1v) is 6.87. The number of fused-ring (bicyclic) bond motifs is 1. The van der Waals surface area contributed by atoms with Gasteiger partial charge < -0.3 is 14.6 Å². The van der Waals surface area contributed by atoms with Crippen LogP contribution in [0.25, 0.3) is 11.0 Å². The number of pyridine rings is 1. The van der Waals surface area contributed by atoms with Gasteiger partial charge in [0, 0.05) is 13.1 Å². The van der Waals surface area contributed by atoms with Crippen LogP contribution in [-0.2, 0) is 7.05 Å². The van der Waals surface area contributed by atoms with E-state index in [9.17, 15) is 0 Å². The summed E-state index contributed by atoms with van der Waals surface area (Å²) in [5.41, 5.74) is 3.08. The fourth-order valence-electron chi connectivity index (χ4n) is 2.45. The van der Waals surface area contributed by atoms with Gasteiger partial charge in [-0.3, -0.25) is 0 Å². The number of hydrogen-bond acceptors (Lipinski definition) is 4. The molecule has 0 bridgehead atoms. The minimum absolute atomic E-state index is 0.0811. The van der Waals surface area contributed by atoms with Crippen molar-refractivity contribution in [3.8, 4) is 5.88 Å². The molecule has 5 nitrogen and oxygen atoms in total. The Bertz CT molecular complexity index is 749. The smallest absolute Gasteiger partial charge is 0.213 e. The van der Waals surface area contributed by atoms with Crippen LogP contribution in [0.3, 0.4) is 0 Å². The van der Waals surface area contributed by atoms with Gasteiger partial charge in [0.25, 0.3) is 0 Å². The van der Waals surface area contributed by atoms with Crippen molar-refractivity contribution in [2.24, 2.45) is 7.05 Å². The molecule has 0 saturated carbocycles. The Morgan fingerprint density at radius 2 is 2.00 bits per heavy atom. The summed E-state index contributed by atoms with van der Waals surface area (Å²) in [5.74, 6) is 1.60. The zero-order valence-corrected chi connectivity index (χ0v) is 12.4. The zero-order valence-electron chi connectivity index (χ0n) is 12.4. The number of nitrogens with zero attached hydrogens (tertiary/aromatic N) is 3. The molecule has 5 heteroatoms. The van der Waals surface area contributed by atoms with Crippen LogP contribution in [0, 0.1) is 0 Å². The molecule has 0 amide bonds. The highest BCUT2D eigenvalue weighted by Crippen LogP contribution is 2.22. The summed E-state index contributed by atoms with van der Waals surface area (Å²) in [6.45, 7) is 2.09. The van der Waals surface area contributed by atoms with Crippen LogP contribution in [0.15, 0.2) is 42.6 Å². The number of ether oxygens (including phenoxy) is 1. The van der Waals surface area contributed by atoms with Crippen molar-refractivity contribution in [1.29, 1.82) is 0 Å². The largest absolute Gasteiger partial charge is 0.481 e. The number of aromatic nitrogens is 3. The first-order valence-electron chi connectivity index (χ1n) is 6.87. The van der Waals surface area contributed by atoms with E-state index in [1.54, 1.807) is 13.3 Å². The van der Waals surface area contributed by atoms with Crippen molar-refractivity contribution in [1.82, 2.24) is 14.5 Å². The second-order valence-corrected chi connectivity index (χ2v) is 4.97. The number of benzene rings is 1. The summed E-state index contributed by atoms with van der Waals surface area (Å²) < 4.78 is 7.18. The minimum Gasteiger partial charge on any atom is -0.481 e. The molecule has 3 aromatic rings. The van der Waals surface area contributed by atoms with E-state index >= 15 is 0 Å². The van der Waals surface area contributed by atoms with Gasteiger partial charge in [-0.2, -0.15) is 0 Å². The monoisotopic (exact) mass is 282 g/mol. The number of para-hydroxylation sites is 2. The van der Waals surface area contributed by atoms with E-state index in [0.717, 1.165) is 22.5 Å². The maximum Gasteiger partial charge on any atom is 0.213 e. The van der Waals surface area contributed by atoms with E-state index in [-0.39, 0.29) is 6.04 Å². The van der Waals surface area contributed by atoms with Gasteiger partial charge in [0.2, 0.25) is 5.88 Å². The summed E-state index contributed by atoms with van der Waals surface area (Å²) in [7, 11) is 3.65. The molecule has 0 unspecified atom stereocenters. The molecule has 2 aromatic heterocycles. The number of imidazole rings is 1. The van der Waals surface area contributed by atoms with Gasteiger partial charge >= 0.3 is 0 Å². The number of rotatable bonds is 4. The third-order valence-corrected chi connectivity index (χ3v) is 3.54. The highest BCUT2D eigenvalue weighted by Gasteiger charge is 2.14. The van der Waals surface area contributed by atoms with Crippen molar-refractivity contribution in [2.75, 3.05) is 12.4 Å². The minimum atomic E-state index is 0.0811. The first-order chi connectivity index (χ1) is 10.2. The topological polar surface area (TPSA) is 52.0 Å². The van der Waals surface area contributed by atoms with Gasteiger partial charge in [-0.05, 0) is 25.1 Å². The molecule has 0 aliphatic carbocycles. The number of hydrogen-bond donors (Lipinski definition) is 1. The van der Waals surface area contributed by atoms with E-state index in [0.29, 0.717) is 5.88 Å². The number of nitrogens with one attached hydrogen (secondary N) is 1. The SMILES string of the molecule is COc1ccc(N[C@H](C)c2nc3ccccc3n2C)cn1. The molecule has 0 fully saturated rings. The summed E-state index contributed by atoms with van der Waals surface area (Å²) in [4.78, 5) is 8.89. The van der Waals surface area contributed by atoms with Gasteiger partial charge in [0.1, 0.15) is 5.82 Å². The Morgan fingerprint density at radius 3 is 2.67 bits per heavy atom. The van der Waals surface area contributed by atoms with Crippen LogP contribution in [0.1, 0.15) is 18.8 Å². The van der Waals surface area contributed by atoms with Gasteiger partial charge in [-0.15, -0.1) is 0 Å². The van der Waals surface area contributed by atoms with Crippen LogP contribution < -0.4 is 10.1 Å². The van der Waals surface area contributed by atoms with Gasteiger partial charge in [-0.1, -0.05) is 12.1 Å². The molecule has 108 valence electrons. The maximum atomic E-state index is 5.06. The Morgan fingerprint density at radius 1 is 1.19 bits per heavy atom. The van der Waals surface area contributed by atoms with E-state index in [2.05, 4.69) is 27.9 Å². The molecule has 2 heterocycles. The van der Waals surface area contributed by atoms with E-state index in [1.807, 2.05) is 37.4 Å². The molecular weight excluding hydrogens is 264 g/mol. The molecule has 1 N–H and O–H groups in total. The van der Waals surface area contributed by atoms with Crippen molar-refractivity contribution >= 4 is 16.7 Å². The fourth-order valence-corrected chi connectivity index (χ4v) is 2.45. The number of aryl methyl sites for hydroxylation is 1. The Labute approximate surface area is 123 Å². The second-order valence-electron chi connectivity index (χ2n) is 4.97. The summed E-state index contributed by atoms with van der Waals surface area (Å²) in [6.07, 6.45) is 1.76. The van der Waals surface area contributed by atoms with Crippen molar-refractivity contribution < 1.29 is 4.74 Å². The van der Waals surface area contributed by atoms with E-state index in [1.165, 1.54) is 0 Å². The normalized spacial score (nSPS) is 12.3. The maximum absolute atomic E-state index is 5.06. The average Bonchev–Trinajstić information content (AvgIpc) is 2.86. The zero-order chi connectivity index (χ0) is 14.8. The average molecular weight is 282 g/mol. The van der Waals surface area contributed by atoms with Crippen LogP contribution in [0.2, 0.25) is 0 Å². The summed E-state index contributed by atoms with van der Waals surface area (Å²) in [6, 6.07) is 12.0. The molecular formula is C16H18N4O. The molecule has 0 saturated heterocycles. The third kappa shape index (κ3) is 2.54. The highest BCUT2D eigenvalue weighted by atomic mass is 16.5. The molecule has 3 rings (SSSR count). The fraction of sp³-hybridized carbons (Fsp3) is 0.250. The quantitative estimate of drug-likeness (QED) is 0.798. The molecule has 0 aliphatic rings. The Hall–Kier alpha value is -2.56. The molecule has 1 atom stereocenters. The van der Waals surface area contributed by atoms with Gasteiger partial charge in [0.05, 0.1) is 36.1 Å². The second kappa shape index (κ2) is 5.44. The predicted octanol–water partition coefficient (Wildman–Crippen LogP) is 3.15. The van der Waals surface area contributed by atoms with E-state index in [4.69, 9.17) is 9.72 Å². The Kier molecular flexibility index (Phi) is 3.48. The summed E-state index contributed by atoms with van der Waals surface area (Å²) in [5, 5.41) is 3.41. The number of methoxy groups -OCH3 is 1. The standard InChI is InChI=1S/C16H18N4O/c1-11(18-12-8-9-15(21-3)17-10-12)16-19-13-6-4-5-7-14(13)20(16)2/h4-11,18H,1-3H3/t11-/m1/s1. The van der Waals surface area contributed by atoms with Crippen molar-refractivity contribution in [2.45, 2.75) is 13.0 Å². The first kappa shape index (κ1) is 13.4.